The van der Waals surface area contributed by atoms with Crippen molar-refractivity contribution in [2.45, 2.75) is 32.6 Å². The van der Waals surface area contributed by atoms with Gasteiger partial charge in [-0.2, -0.15) is 9.78 Å². The van der Waals surface area contributed by atoms with Crippen molar-refractivity contribution < 1.29 is 4.74 Å². The van der Waals surface area contributed by atoms with Gasteiger partial charge in [0.2, 0.25) is 0 Å². The number of nitrogens with zero attached hydrogens (tertiary/aromatic N) is 3. The Bertz CT molecular complexity index is 1140. The van der Waals surface area contributed by atoms with E-state index in [1.165, 1.54) is 23.9 Å². The van der Waals surface area contributed by atoms with Crippen LogP contribution in [0.1, 0.15) is 32.6 Å². The molecule has 1 saturated heterocycles. The summed E-state index contributed by atoms with van der Waals surface area (Å²) >= 11 is 0. The molecule has 7 heteroatoms. The summed E-state index contributed by atoms with van der Waals surface area (Å²) in [4.78, 5) is 15.7. The fraction of sp³-hybridized carbons (Fsp3) is 0.360. The largest absolute Gasteiger partial charge is 0.497 e. The number of hydrogen-bond acceptors (Lipinski definition) is 6. The van der Waals surface area contributed by atoms with E-state index in [4.69, 9.17) is 15.6 Å². The first kappa shape index (κ1) is 21.7. The van der Waals surface area contributed by atoms with Gasteiger partial charge < -0.3 is 20.7 Å². The maximum Gasteiger partial charge on any atom is 0.294 e. The van der Waals surface area contributed by atoms with Crippen LogP contribution in [-0.4, -0.2) is 36.5 Å². The second kappa shape index (κ2) is 9.77. The number of nitrogen functional groups attached to an aromatic ring is 1. The van der Waals surface area contributed by atoms with Gasteiger partial charge in [-0.25, -0.2) is 0 Å². The molecule has 0 bridgehead atoms. The third-order valence-electron chi connectivity index (χ3n) is 5.81. The van der Waals surface area contributed by atoms with Gasteiger partial charge in [0.05, 0.1) is 24.2 Å². The van der Waals surface area contributed by atoms with Crippen molar-refractivity contribution in [2.75, 3.05) is 42.7 Å². The minimum atomic E-state index is -0.215. The van der Waals surface area contributed by atoms with Gasteiger partial charge in [-0.1, -0.05) is 19.1 Å². The van der Waals surface area contributed by atoms with Crippen LogP contribution in [0.15, 0.2) is 53.3 Å². The molecule has 1 aliphatic heterocycles. The summed E-state index contributed by atoms with van der Waals surface area (Å²) in [7, 11) is 1.63. The van der Waals surface area contributed by atoms with E-state index >= 15 is 0 Å². The fourth-order valence-corrected chi connectivity index (χ4v) is 4.03. The predicted octanol–water partition coefficient (Wildman–Crippen LogP) is 4.30. The van der Waals surface area contributed by atoms with Crippen molar-refractivity contribution in [3.63, 3.8) is 0 Å². The molecule has 0 saturated carbocycles. The Labute approximate surface area is 188 Å². The number of hydrogen-bond donors (Lipinski definition) is 2. The molecule has 0 amide bonds. The number of anilines is 3. The van der Waals surface area contributed by atoms with E-state index in [1.807, 2.05) is 42.5 Å². The first-order chi connectivity index (χ1) is 15.6. The van der Waals surface area contributed by atoms with Gasteiger partial charge in [0.25, 0.3) is 5.56 Å². The number of nitrogens with two attached hydrogens (primary N) is 1. The first-order valence-electron chi connectivity index (χ1n) is 11.3. The Morgan fingerprint density at radius 1 is 1.09 bits per heavy atom. The van der Waals surface area contributed by atoms with Crippen LogP contribution in [0.25, 0.3) is 16.9 Å². The van der Waals surface area contributed by atoms with Crippen molar-refractivity contribution in [3.8, 4) is 22.7 Å². The SMILES string of the molecule is CCCNc1cc(-c2cccc(OC)c2)nn(-c2cc(N3CCCCC3)ccc2N)c1=O. The van der Waals surface area contributed by atoms with Gasteiger partial charge >= 0.3 is 0 Å². The standard InChI is InChI=1S/C25H31N5O2/c1-3-12-27-23-17-22(18-8-7-9-20(15-18)32-2)28-30(25(23)31)24-16-19(10-11-21(24)26)29-13-5-4-6-14-29/h7-11,15-17,27H,3-6,12-14,26H2,1-2H3. The number of methoxy groups -OCH3 is 1. The smallest absolute Gasteiger partial charge is 0.294 e. The van der Waals surface area contributed by atoms with Crippen molar-refractivity contribution in [1.29, 1.82) is 0 Å². The van der Waals surface area contributed by atoms with E-state index in [0.29, 0.717) is 29.3 Å². The van der Waals surface area contributed by atoms with Gasteiger partial charge in [-0.3, -0.25) is 4.79 Å². The average Bonchev–Trinajstić information content (AvgIpc) is 2.84. The topological polar surface area (TPSA) is 85.4 Å². The lowest BCUT2D eigenvalue weighted by Crippen LogP contribution is -2.30. The zero-order valence-electron chi connectivity index (χ0n) is 18.8. The molecule has 0 radical (unpaired) electrons. The van der Waals surface area contributed by atoms with E-state index in [-0.39, 0.29) is 5.56 Å². The quantitative estimate of drug-likeness (QED) is 0.540. The van der Waals surface area contributed by atoms with Crippen molar-refractivity contribution >= 4 is 17.1 Å². The summed E-state index contributed by atoms with van der Waals surface area (Å²) in [6.45, 7) is 4.79. The molecule has 32 heavy (non-hydrogen) atoms. The van der Waals surface area contributed by atoms with Crippen LogP contribution >= 0.6 is 0 Å². The molecule has 2 aromatic carbocycles. The van der Waals surface area contributed by atoms with Crippen LogP contribution in [0.3, 0.4) is 0 Å². The lowest BCUT2D eigenvalue weighted by atomic mass is 10.1. The number of piperidine rings is 1. The summed E-state index contributed by atoms with van der Waals surface area (Å²) in [6.07, 6.45) is 4.51. The third kappa shape index (κ3) is 4.56. The van der Waals surface area contributed by atoms with Gasteiger partial charge in [-0.15, -0.1) is 0 Å². The molecule has 0 atom stereocenters. The molecule has 3 N–H and O–H groups in total. The van der Waals surface area contributed by atoms with Crippen LogP contribution in [0, 0.1) is 0 Å². The molecule has 0 spiro atoms. The molecule has 2 heterocycles. The molecule has 1 aliphatic rings. The number of rotatable bonds is 7. The minimum absolute atomic E-state index is 0.215. The second-order valence-electron chi connectivity index (χ2n) is 8.11. The molecule has 7 nitrogen and oxygen atoms in total. The Morgan fingerprint density at radius 3 is 2.66 bits per heavy atom. The number of ether oxygens (including phenoxy) is 1. The summed E-state index contributed by atoms with van der Waals surface area (Å²) in [5.74, 6) is 0.733. The maximum absolute atomic E-state index is 13.4. The Hall–Kier alpha value is -3.48. The average molecular weight is 434 g/mol. The van der Waals surface area contributed by atoms with E-state index in [9.17, 15) is 4.79 Å². The fourth-order valence-electron chi connectivity index (χ4n) is 4.03. The summed E-state index contributed by atoms with van der Waals surface area (Å²) in [6, 6.07) is 15.3. The molecule has 4 rings (SSSR count). The minimum Gasteiger partial charge on any atom is -0.497 e. The third-order valence-corrected chi connectivity index (χ3v) is 5.81. The molecule has 168 valence electrons. The van der Waals surface area contributed by atoms with E-state index in [1.54, 1.807) is 13.2 Å². The monoisotopic (exact) mass is 433 g/mol. The van der Waals surface area contributed by atoms with Gasteiger partial charge in [0.15, 0.2) is 0 Å². The maximum atomic E-state index is 13.4. The molecule has 0 unspecified atom stereocenters. The zero-order valence-corrected chi connectivity index (χ0v) is 18.8. The molecule has 1 fully saturated rings. The van der Waals surface area contributed by atoms with Crippen LogP contribution in [0.4, 0.5) is 17.1 Å². The van der Waals surface area contributed by atoms with E-state index in [2.05, 4.69) is 17.1 Å². The van der Waals surface area contributed by atoms with Crippen LogP contribution in [0.2, 0.25) is 0 Å². The Kier molecular flexibility index (Phi) is 6.63. The highest BCUT2D eigenvalue weighted by molar-refractivity contribution is 5.69. The highest BCUT2D eigenvalue weighted by atomic mass is 16.5. The van der Waals surface area contributed by atoms with Crippen molar-refractivity contribution in [1.82, 2.24) is 9.78 Å². The second-order valence-corrected chi connectivity index (χ2v) is 8.11. The lowest BCUT2D eigenvalue weighted by Gasteiger charge is -2.29. The highest BCUT2D eigenvalue weighted by Crippen LogP contribution is 2.28. The molecule has 0 aliphatic carbocycles. The summed E-state index contributed by atoms with van der Waals surface area (Å²) in [5.41, 5.74) is 10.4. The van der Waals surface area contributed by atoms with Crippen LogP contribution < -0.4 is 26.2 Å². The molecular formula is C25H31N5O2. The number of benzene rings is 2. The number of aromatic nitrogens is 2. The highest BCUT2D eigenvalue weighted by Gasteiger charge is 2.17. The number of nitrogens with one attached hydrogen (secondary N) is 1. The van der Waals surface area contributed by atoms with Crippen LogP contribution in [-0.2, 0) is 0 Å². The van der Waals surface area contributed by atoms with Crippen molar-refractivity contribution in [2.24, 2.45) is 0 Å². The molecule has 1 aromatic heterocycles. The normalized spacial score (nSPS) is 13.8. The predicted molar refractivity (Wildman–Crippen MR) is 131 cm³/mol. The van der Waals surface area contributed by atoms with E-state index < -0.39 is 0 Å². The molecule has 3 aromatic rings. The van der Waals surface area contributed by atoms with Crippen molar-refractivity contribution in [3.05, 3.63) is 58.9 Å². The van der Waals surface area contributed by atoms with Crippen LogP contribution in [0.5, 0.6) is 5.75 Å². The van der Waals surface area contributed by atoms with E-state index in [0.717, 1.165) is 36.5 Å². The summed E-state index contributed by atoms with van der Waals surface area (Å²) in [5, 5.41) is 7.97. The van der Waals surface area contributed by atoms with Gasteiger partial charge in [0.1, 0.15) is 11.4 Å². The lowest BCUT2D eigenvalue weighted by molar-refractivity contribution is 0.415. The zero-order chi connectivity index (χ0) is 22.5. The first-order valence-corrected chi connectivity index (χ1v) is 11.3. The Morgan fingerprint density at radius 2 is 1.91 bits per heavy atom. The van der Waals surface area contributed by atoms with Gasteiger partial charge in [-0.05, 0) is 62.1 Å². The van der Waals surface area contributed by atoms with Gasteiger partial charge in [0, 0.05) is 30.9 Å². The summed E-state index contributed by atoms with van der Waals surface area (Å²) < 4.78 is 6.80. The Balaban J connectivity index is 1.84. The molecular weight excluding hydrogens is 402 g/mol.